The van der Waals surface area contributed by atoms with Gasteiger partial charge in [-0.3, -0.25) is 0 Å². The normalized spacial score (nSPS) is 20.2. The Kier molecular flexibility index (Phi) is 6.79. The van der Waals surface area contributed by atoms with Gasteiger partial charge in [0.05, 0.1) is 6.20 Å². The van der Waals surface area contributed by atoms with E-state index in [4.69, 9.17) is 9.41 Å². The number of hydrogen-bond acceptors (Lipinski definition) is 3. The van der Waals surface area contributed by atoms with E-state index in [2.05, 4.69) is 42.9 Å². The van der Waals surface area contributed by atoms with Gasteiger partial charge < -0.3 is 14.6 Å². The first kappa shape index (κ1) is 20.5. The molecule has 1 N–H and O–H groups in total. The highest BCUT2D eigenvalue weighted by atomic mass is 127. The molecule has 1 aliphatic carbocycles. The van der Waals surface area contributed by atoms with Crippen molar-refractivity contribution < 1.29 is 4.42 Å². The topological polar surface area (TPSA) is 53.7 Å². The first-order chi connectivity index (χ1) is 11.4. The summed E-state index contributed by atoms with van der Waals surface area (Å²) >= 11 is 0. The molecule has 5 nitrogen and oxygen atoms in total. The van der Waals surface area contributed by atoms with Gasteiger partial charge in [0.2, 0.25) is 5.89 Å². The van der Waals surface area contributed by atoms with E-state index >= 15 is 0 Å². The number of hydrogen-bond donors (Lipinski definition) is 1. The van der Waals surface area contributed by atoms with E-state index in [0.29, 0.717) is 17.9 Å². The molecule has 25 heavy (non-hydrogen) atoms. The fourth-order valence-electron chi connectivity index (χ4n) is 3.95. The summed E-state index contributed by atoms with van der Waals surface area (Å²) in [6.07, 6.45) is 8.71. The van der Waals surface area contributed by atoms with Gasteiger partial charge in [-0.2, -0.15) is 0 Å². The number of rotatable bonds is 3. The lowest BCUT2D eigenvalue weighted by atomic mass is 9.86. The minimum atomic E-state index is -0.0106. The van der Waals surface area contributed by atoms with Crippen molar-refractivity contribution in [2.24, 2.45) is 10.4 Å². The Morgan fingerprint density at radius 1 is 1.32 bits per heavy atom. The van der Waals surface area contributed by atoms with E-state index < -0.39 is 0 Å². The predicted octanol–water partition coefficient (Wildman–Crippen LogP) is 4.32. The lowest BCUT2D eigenvalue weighted by Gasteiger charge is -2.25. The molecule has 1 aliphatic heterocycles. The van der Waals surface area contributed by atoms with Gasteiger partial charge in [0.25, 0.3) is 0 Å². The summed E-state index contributed by atoms with van der Waals surface area (Å²) in [6.45, 7) is 12.2. The van der Waals surface area contributed by atoms with Crippen molar-refractivity contribution in [2.75, 3.05) is 19.6 Å². The molecule has 0 amide bonds. The second-order valence-corrected chi connectivity index (χ2v) is 8.42. The van der Waals surface area contributed by atoms with Crippen LogP contribution in [-0.2, 0) is 12.0 Å². The number of oxazole rings is 1. The SMILES string of the molecule is CCNC(=NCc1ncc(C(C)(C)C)o1)N1CCC2(CCCC2)C1.I. The molecule has 0 aromatic carbocycles. The van der Waals surface area contributed by atoms with Gasteiger partial charge in [-0.15, -0.1) is 24.0 Å². The van der Waals surface area contributed by atoms with Crippen LogP contribution < -0.4 is 5.32 Å². The van der Waals surface area contributed by atoms with Crippen LogP contribution in [0.2, 0.25) is 0 Å². The molecule has 1 aromatic heterocycles. The first-order valence-corrected chi connectivity index (χ1v) is 9.40. The summed E-state index contributed by atoms with van der Waals surface area (Å²) < 4.78 is 5.87. The molecule has 0 radical (unpaired) electrons. The largest absolute Gasteiger partial charge is 0.443 e. The summed E-state index contributed by atoms with van der Waals surface area (Å²) in [5.41, 5.74) is 0.543. The zero-order valence-corrected chi connectivity index (χ0v) is 18.4. The highest BCUT2D eigenvalue weighted by Crippen LogP contribution is 2.45. The highest BCUT2D eigenvalue weighted by molar-refractivity contribution is 14.0. The van der Waals surface area contributed by atoms with Gasteiger partial charge in [0.1, 0.15) is 12.3 Å². The van der Waals surface area contributed by atoms with Crippen molar-refractivity contribution in [1.29, 1.82) is 0 Å². The number of aromatic nitrogens is 1. The first-order valence-electron chi connectivity index (χ1n) is 9.40. The number of guanidine groups is 1. The van der Waals surface area contributed by atoms with E-state index in [0.717, 1.165) is 31.4 Å². The van der Waals surface area contributed by atoms with Crippen molar-refractivity contribution >= 4 is 29.9 Å². The standard InChI is InChI=1S/C19H32N4O.HI/c1-5-20-17(23-11-10-19(14-23)8-6-7-9-19)22-13-16-21-12-15(24-16)18(2,3)4;/h12H,5-11,13-14H2,1-4H3,(H,20,22);1H. The van der Waals surface area contributed by atoms with Gasteiger partial charge in [0.15, 0.2) is 5.96 Å². The van der Waals surface area contributed by atoms with E-state index in [1.165, 1.54) is 32.1 Å². The molecular formula is C19H33IN4O. The van der Waals surface area contributed by atoms with Crippen LogP contribution in [0.3, 0.4) is 0 Å². The molecule has 2 heterocycles. The number of halogens is 1. The Morgan fingerprint density at radius 3 is 2.64 bits per heavy atom. The Morgan fingerprint density at radius 2 is 2.04 bits per heavy atom. The predicted molar refractivity (Wildman–Crippen MR) is 113 cm³/mol. The van der Waals surface area contributed by atoms with Crippen LogP contribution in [0.1, 0.15) is 71.5 Å². The third kappa shape index (κ3) is 4.89. The van der Waals surface area contributed by atoms with Crippen molar-refractivity contribution in [3.05, 3.63) is 17.8 Å². The summed E-state index contributed by atoms with van der Waals surface area (Å²) in [5, 5.41) is 3.44. The monoisotopic (exact) mass is 460 g/mol. The maximum atomic E-state index is 5.87. The van der Waals surface area contributed by atoms with Crippen molar-refractivity contribution in [1.82, 2.24) is 15.2 Å². The quantitative estimate of drug-likeness (QED) is 0.415. The molecule has 2 aliphatic rings. The average molecular weight is 460 g/mol. The van der Waals surface area contributed by atoms with Crippen molar-refractivity contribution in [3.63, 3.8) is 0 Å². The molecule has 2 fully saturated rings. The molecule has 0 bridgehead atoms. The third-order valence-corrected chi connectivity index (χ3v) is 5.39. The molecular weight excluding hydrogens is 427 g/mol. The second kappa shape index (κ2) is 8.27. The van der Waals surface area contributed by atoms with Gasteiger partial charge in [-0.25, -0.2) is 9.98 Å². The van der Waals surface area contributed by atoms with E-state index in [1.807, 2.05) is 6.20 Å². The minimum Gasteiger partial charge on any atom is -0.443 e. The highest BCUT2D eigenvalue weighted by Gasteiger charge is 2.41. The Bertz CT molecular complexity index is 584. The van der Waals surface area contributed by atoms with Crippen LogP contribution >= 0.6 is 24.0 Å². The van der Waals surface area contributed by atoms with Crippen LogP contribution in [-0.4, -0.2) is 35.5 Å². The average Bonchev–Trinajstić information content (AvgIpc) is 3.25. The summed E-state index contributed by atoms with van der Waals surface area (Å²) in [7, 11) is 0. The molecule has 142 valence electrons. The maximum absolute atomic E-state index is 5.87. The molecule has 1 saturated carbocycles. The minimum absolute atomic E-state index is 0. The third-order valence-electron chi connectivity index (χ3n) is 5.39. The number of nitrogens with zero attached hydrogens (tertiary/aromatic N) is 3. The van der Waals surface area contributed by atoms with Crippen LogP contribution in [0.4, 0.5) is 0 Å². The molecule has 1 aromatic rings. The summed E-state index contributed by atoms with van der Waals surface area (Å²) in [5.74, 6) is 2.63. The van der Waals surface area contributed by atoms with E-state index in [-0.39, 0.29) is 29.4 Å². The zero-order chi connectivity index (χ0) is 17.2. The van der Waals surface area contributed by atoms with Crippen molar-refractivity contribution in [3.8, 4) is 0 Å². The Labute approximate surface area is 169 Å². The van der Waals surface area contributed by atoms with Crippen molar-refractivity contribution in [2.45, 2.75) is 71.8 Å². The van der Waals surface area contributed by atoms with Crippen LogP contribution in [0.15, 0.2) is 15.6 Å². The molecule has 3 rings (SSSR count). The summed E-state index contributed by atoms with van der Waals surface area (Å²) in [6, 6.07) is 0. The number of aliphatic imine (C=N–C) groups is 1. The Hall–Kier alpha value is -0.790. The van der Waals surface area contributed by atoms with Crippen LogP contribution in [0.25, 0.3) is 0 Å². The van der Waals surface area contributed by atoms with Gasteiger partial charge >= 0.3 is 0 Å². The molecule has 0 atom stereocenters. The smallest absolute Gasteiger partial charge is 0.216 e. The molecule has 1 spiro atoms. The zero-order valence-electron chi connectivity index (χ0n) is 16.1. The lowest BCUT2D eigenvalue weighted by molar-refractivity contribution is 0.309. The molecule has 6 heteroatoms. The van der Waals surface area contributed by atoms with Crippen LogP contribution in [0, 0.1) is 5.41 Å². The van der Waals surface area contributed by atoms with Gasteiger partial charge in [-0.1, -0.05) is 33.6 Å². The molecule has 0 unspecified atom stereocenters. The Balaban J connectivity index is 0.00000225. The second-order valence-electron chi connectivity index (χ2n) is 8.42. The lowest BCUT2D eigenvalue weighted by Crippen LogP contribution is -2.41. The summed E-state index contributed by atoms with van der Waals surface area (Å²) in [4.78, 5) is 11.6. The van der Waals surface area contributed by atoms with E-state index in [1.54, 1.807) is 0 Å². The number of nitrogens with one attached hydrogen (secondary N) is 1. The number of likely N-dealkylation sites (tertiary alicyclic amines) is 1. The van der Waals surface area contributed by atoms with E-state index in [9.17, 15) is 0 Å². The molecule has 1 saturated heterocycles. The maximum Gasteiger partial charge on any atom is 0.216 e. The van der Waals surface area contributed by atoms with Crippen LogP contribution in [0.5, 0.6) is 0 Å². The fourth-order valence-corrected chi connectivity index (χ4v) is 3.95. The van der Waals surface area contributed by atoms with Gasteiger partial charge in [0, 0.05) is 25.0 Å². The van der Waals surface area contributed by atoms with Gasteiger partial charge in [-0.05, 0) is 31.6 Å². The fraction of sp³-hybridized carbons (Fsp3) is 0.789.